The summed E-state index contributed by atoms with van der Waals surface area (Å²) in [5, 5.41) is 4.89. The summed E-state index contributed by atoms with van der Waals surface area (Å²) in [6.07, 6.45) is 1.23. The topological polar surface area (TPSA) is 70.9 Å². The molecule has 1 aliphatic rings. The van der Waals surface area contributed by atoms with Crippen LogP contribution in [0.1, 0.15) is 48.7 Å². The summed E-state index contributed by atoms with van der Waals surface area (Å²) in [6.45, 7) is 6.69. The molecule has 1 aromatic heterocycles. The molecule has 1 aliphatic heterocycles. The van der Waals surface area contributed by atoms with Crippen LogP contribution in [0.25, 0.3) is 22.0 Å². The number of benzene rings is 4. The zero-order chi connectivity index (χ0) is 27.2. The molecule has 0 radical (unpaired) electrons. The molecular weight excluding hydrogens is 478 g/mol. The van der Waals surface area contributed by atoms with E-state index in [1.165, 1.54) is 16.7 Å². The lowest BCUT2D eigenvalue weighted by Crippen LogP contribution is -2.58. The first-order valence-corrected chi connectivity index (χ1v) is 13.7. The number of hydrogen-bond donors (Lipinski definition) is 3. The molecule has 5 aromatic rings. The maximum Gasteiger partial charge on any atom is 0.234 e. The van der Waals surface area contributed by atoms with E-state index in [1.54, 1.807) is 0 Å². The molecule has 0 saturated heterocycles. The lowest BCUT2D eigenvalue weighted by Gasteiger charge is -2.42. The Morgan fingerprint density at radius 2 is 1.49 bits per heavy atom. The quantitative estimate of drug-likeness (QED) is 0.247. The van der Waals surface area contributed by atoms with E-state index in [1.807, 2.05) is 12.1 Å². The number of aromatic nitrogens is 1. The second-order valence-corrected chi connectivity index (χ2v) is 11.8. The highest BCUT2D eigenvalue weighted by molar-refractivity contribution is 5.88. The first-order valence-electron chi connectivity index (χ1n) is 13.7. The molecule has 0 spiro atoms. The Labute approximate surface area is 230 Å². The Bertz CT molecular complexity index is 1630. The highest BCUT2D eigenvalue weighted by Gasteiger charge is 2.45. The monoisotopic (exact) mass is 513 g/mol. The molecule has 2 heterocycles. The second kappa shape index (κ2) is 9.55. The highest BCUT2D eigenvalue weighted by atomic mass is 16.1. The summed E-state index contributed by atoms with van der Waals surface area (Å²) in [5.74, 6) is -0.334. The van der Waals surface area contributed by atoms with Crippen LogP contribution in [-0.2, 0) is 28.6 Å². The molecule has 1 amide bonds. The third-order valence-corrected chi connectivity index (χ3v) is 8.19. The fraction of sp³-hybridized carbons (Fsp3) is 0.229. The molecule has 39 heavy (non-hydrogen) atoms. The van der Waals surface area contributed by atoms with Crippen LogP contribution in [-0.4, -0.2) is 16.9 Å². The van der Waals surface area contributed by atoms with E-state index < -0.39 is 11.6 Å². The standard InChI is InChI=1S/C35H35N3O/c1-34(2,3)26-17-13-23(14-18-26)22-35(27-19-15-25(16-20-27)24-9-5-4-6-10-24)32-29(21-31(38-35)33(36)39)28-11-7-8-12-30(28)37-32/h4-20,31,37-38H,21-22H2,1-3H3,(H2,36,39)/t31-,35+/m1/s1. The largest absolute Gasteiger partial charge is 0.368 e. The normalized spacial score (nSPS) is 19.1. The van der Waals surface area contributed by atoms with Crippen LogP contribution in [0.3, 0.4) is 0 Å². The number of rotatable bonds is 5. The summed E-state index contributed by atoms with van der Waals surface area (Å²) in [6, 6.07) is 35.9. The summed E-state index contributed by atoms with van der Waals surface area (Å²) in [4.78, 5) is 16.5. The van der Waals surface area contributed by atoms with Gasteiger partial charge in [0, 0.05) is 23.0 Å². The number of nitrogens with two attached hydrogens (primary N) is 1. The molecule has 2 atom stereocenters. The van der Waals surface area contributed by atoms with Crippen molar-refractivity contribution in [2.24, 2.45) is 5.73 Å². The lowest BCUT2D eigenvalue weighted by molar-refractivity contribution is -0.120. The van der Waals surface area contributed by atoms with Crippen molar-refractivity contribution >= 4 is 16.8 Å². The molecule has 0 aliphatic carbocycles. The van der Waals surface area contributed by atoms with Crippen LogP contribution in [0, 0.1) is 0 Å². The van der Waals surface area contributed by atoms with Gasteiger partial charge in [0.25, 0.3) is 0 Å². The van der Waals surface area contributed by atoms with Gasteiger partial charge in [-0.25, -0.2) is 0 Å². The number of para-hydroxylation sites is 1. The molecule has 0 fully saturated rings. The van der Waals surface area contributed by atoms with Crippen molar-refractivity contribution in [3.63, 3.8) is 0 Å². The number of hydrogen-bond acceptors (Lipinski definition) is 2. The minimum Gasteiger partial charge on any atom is -0.368 e. The van der Waals surface area contributed by atoms with Gasteiger partial charge in [-0.2, -0.15) is 0 Å². The van der Waals surface area contributed by atoms with Crippen molar-refractivity contribution in [3.05, 3.63) is 131 Å². The number of aromatic amines is 1. The zero-order valence-electron chi connectivity index (χ0n) is 22.8. The third kappa shape index (κ3) is 4.55. The van der Waals surface area contributed by atoms with Gasteiger partial charge < -0.3 is 10.7 Å². The summed E-state index contributed by atoms with van der Waals surface area (Å²) >= 11 is 0. The Morgan fingerprint density at radius 1 is 0.846 bits per heavy atom. The highest BCUT2D eigenvalue weighted by Crippen LogP contribution is 2.42. The van der Waals surface area contributed by atoms with Crippen LogP contribution in [0.2, 0.25) is 0 Å². The number of primary amides is 1. The van der Waals surface area contributed by atoms with Crippen LogP contribution in [0.4, 0.5) is 0 Å². The fourth-order valence-electron chi connectivity index (χ4n) is 6.05. The molecule has 4 N–H and O–H groups in total. The smallest absolute Gasteiger partial charge is 0.234 e. The SMILES string of the molecule is CC(C)(C)c1ccc(C[C@@]2(c3ccc(-c4ccccc4)cc3)N[C@@H](C(N)=O)Cc3c2[nH]c2ccccc32)cc1. The number of H-pyrrole nitrogens is 1. The summed E-state index contributed by atoms with van der Waals surface area (Å²) in [7, 11) is 0. The zero-order valence-corrected chi connectivity index (χ0v) is 22.8. The van der Waals surface area contributed by atoms with Crippen molar-refractivity contribution in [1.29, 1.82) is 0 Å². The molecule has 4 aromatic carbocycles. The van der Waals surface area contributed by atoms with Gasteiger partial charge in [0.1, 0.15) is 0 Å². The average molecular weight is 514 g/mol. The predicted octanol–water partition coefficient (Wildman–Crippen LogP) is 6.62. The molecule has 4 heteroatoms. The maximum atomic E-state index is 12.7. The van der Waals surface area contributed by atoms with Crippen molar-refractivity contribution in [2.45, 2.75) is 50.6 Å². The van der Waals surface area contributed by atoms with Gasteiger partial charge in [0.15, 0.2) is 0 Å². The van der Waals surface area contributed by atoms with Crippen LogP contribution in [0.5, 0.6) is 0 Å². The van der Waals surface area contributed by atoms with E-state index >= 15 is 0 Å². The minimum atomic E-state index is -0.662. The van der Waals surface area contributed by atoms with Crippen LogP contribution >= 0.6 is 0 Å². The second-order valence-electron chi connectivity index (χ2n) is 11.8. The Morgan fingerprint density at radius 3 is 2.15 bits per heavy atom. The Kier molecular flexibility index (Phi) is 6.16. The number of nitrogens with one attached hydrogen (secondary N) is 2. The van der Waals surface area contributed by atoms with Crippen molar-refractivity contribution < 1.29 is 4.79 Å². The van der Waals surface area contributed by atoms with E-state index in [0.717, 1.165) is 33.3 Å². The number of carbonyl (C=O) groups excluding carboxylic acids is 1. The van der Waals surface area contributed by atoms with Gasteiger partial charge in [0.05, 0.1) is 11.6 Å². The number of carbonyl (C=O) groups is 1. The van der Waals surface area contributed by atoms with Gasteiger partial charge in [-0.1, -0.05) is 118 Å². The molecular formula is C35H35N3O. The molecule has 6 rings (SSSR count). The van der Waals surface area contributed by atoms with Gasteiger partial charge in [0.2, 0.25) is 5.91 Å². The lowest BCUT2D eigenvalue weighted by atomic mass is 9.74. The number of fused-ring (bicyclic) bond motifs is 3. The molecule has 0 unspecified atom stereocenters. The maximum absolute atomic E-state index is 12.7. The number of amides is 1. The predicted molar refractivity (Wildman–Crippen MR) is 160 cm³/mol. The Hall–Kier alpha value is -4.15. The van der Waals surface area contributed by atoms with Crippen LogP contribution < -0.4 is 11.1 Å². The average Bonchev–Trinajstić information content (AvgIpc) is 3.33. The molecule has 0 saturated carbocycles. The van der Waals surface area contributed by atoms with E-state index in [0.29, 0.717) is 12.8 Å². The Balaban J connectivity index is 1.54. The van der Waals surface area contributed by atoms with E-state index in [2.05, 4.69) is 122 Å². The molecule has 0 bridgehead atoms. The van der Waals surface area contributed by atoms with Gasteiger partial charge in [-0.3, -0.25) is 10.1 Å². The van der Waals surface area contributed by atoms with Crippen molar-refractivity contribution in [3.8, 4) is 11.1 Å². The molecule has 196 valence electrons. The minimum absolute atomic E-state index is 0.0774. The van der Waals surface area contributed by atoms with Crippen molar-refractivity contribution in [1.82, 2.24) is 10.3 Å². The third-order valence-electron chi connectivity index (χ3n) is 8.19. The molecule has 4 nitrogen and oxygen atoms in total. The van der Waals surface area contributed by atoms with E-state index in [9.17, 15) is 4.79 Å². The van der Waals surface area contributed by atoms with Crippen molar-refractivity contribution in [2.75, 3.05) is 0 Å². The van der Waals surface area contributed by atoms with Gasteiger partial charge in [-0.05, 0) is 51.3 Å². The van der Waals surface area contributed by atoms with E-state index in [-0.39, 0.29) is 11.3 Å². The van der Waals surface area contributed by atoms with Gasteiger partial charge >= 0.3 is 0 Å². The first-order chi connectivity index (χ1) is 18.7. The summed E-state index contributed by atoms with van der Waals surface area (Å²) in [5.41, 5.74) is 14.7. The first kappa shape index (κ1) is 25.1. The fourth-order valence-corrected chi connectivity index (χ4v) is 6.05. The van der Waals surface area contributed by atoms with Gasteiger partial charge in [-0.15, -0.1) is 0 Å². The van der Waals surface area contributed by atoms with Crippen LogP contribution in [0.15, 0.2) is 103 Å². The summed E-state index contributed by atoms with van der Waals surface area (Å²) < 4.78 is 0. The van der Waals surface area contributed by atoms with E-state index in [4.69, 9.17) is 5.73 Å².